The highest BCUT2D eigenvalue weighted by Crippen LogP contribution is 2.34. The average Bonchev–Trinajstić information content (AvgIpc) is 3.57. The molecule has 34 heavy (non-hydrogen) atoms. The molecule has 0 bridgehead atoms. The fraction of sp³-hybridized carbons (Fsp3) is 0.200. The third kappa shape index (κ3) is 3.73. The van der Waals surface area contributed by atoms with E-state index in [1.165, 1.54) is 6.07 Å². The molecule has 1 saturated heterocycles. The van der Waals surface area contributed by atoms with Crippen LogP contribution in [0.15, 0.2) is 61.2 Å². The number of halogens is 2. The number of hydrogen-bond acceptors (Lipinski definition) is 5. The summed E-state index contributed by atoms with van der Waals surface area (Å²) in [4.78, 5) is 9.36. The normalized spacial score (nSPS) is 16.2. The molecular formula is C25H20F2N6O. The number of rotatable bonds is 4. The van der Waals surface area contributed by atoms with Crippen molar-refractivity contribution in [3.05, 3.63) is 72.8 Å². The first-order chi connectivity index (χ1) is 16.7. The van der Waals surface area contributed by atoms with Crippen LogP contribution >= 0.6 is 0 Å². The summed E-state index contributed by atoms with van der Waals surface area (Å²) in [5.41, 5.74) is 5.58. The lowest BCUT2D eigenvalue weighted by Crippen LogP contribution is -2.18. The molecule has 1 N–H and O–H groups in total. The first-order valence-electron chi connectivity index (χ1n) is 11.1. The number of fused-ring (bicyclic) bond motifs is 1. The van der Waals surface area contributed by atoms with E-state index in [1.807, 2.05) is 24.4 Å². The summed E-state index contributed by atoms with van der Waals surface area (Å²) in [6.45, 7) is 0.664. The van der Waals surface area contributed by atoms with E-state index in [-0.39, 0.29) is 6.23 Å². The molecule has 1 aliphatic rings. The van der Waals surface area contributed by atoms with Crippen molar-refractivity contribution in [2.75, 3.05) is 6.61 Å². The zero-order valence-corrected chi connectivity index (χ0v) is 18.1. The summed E-state index contributed by atoms with van der Waals surface area (Å²) in [6.07, 6.45) is 9.84. The van der Waals surface area contributed by atoms with E-state index in [0.29, 0.717) is 34.6 Å². The van der Waals surface area contributed by atoms with Gasteiger partial charge in [0.05, 0.1) is 22.9 Å². The van der Waals surface area contributed by atoms with Gasteiger partial charge in [0, 0.05) is 47.5 Å². The summed E-state index contributed by atoms with van der Waals surface area (Å²) >= 11 is 0. The predicted molar refractivity (Wildman–Crippen MR) is 123 cm³/mol. The molecule has 5 heterocycles. The first-order valence-corrected chi connectivity index (χ1v) is 11.1. The zero-order chi connectivity index (χ0) is 23.1. The van der Waals surface area contributed by atoms with Crippen molar-refractivity contribution in [3.63, 3.8) is 0 Å². The lowest BCUT2D eigenvalue weighted by molar-refractivity contribution is -0.0393. The van der Waals surface area contributed by atoms with Gasteiger partial charge in [-0.1, -0.05) is 0 Å². The number of aromatic nitrogens is 6. The number of benzene rings is 1. The Morgan fingerprint density at radius 3 is 2.68 bits per heavy atom. The first kappa shape index (κ1) is 20.6. The standard InChI is InChI=1S/C25H20F2N6O/c26-19-5-4-15(9-20(19)27)25-18(14-33(32-25)24-3-1-2-8-34-24)21-6-7-22-23(31-21)10-16(11-28-22)17-12-29-30-13-17/h4-7,9-14,24H,1-3,8H2,(H,29,30). The van der Waals surface area contributed by atoms with Crippen molar-refractivity contribution in [1.29, 1.82) is 0 Å². The summed E-state index contributed by atoms with van der Waals surface area (Å²) in [6, 6.07) is 9.49. The molecule has 0 spiro atoms. The third-order valence-electron chi connectivity index (χ3n) is 6.02. The van der Waals surface area contributed by atoms with Crippen LogP contribution in [0.4, 0.5) is 8.78 Å². The van der Waals surface area contributed by atoms with Crippen LogP contribution in [0.3, 0.4) is 0 Å². The fourth-order valence-electron chi connectivity index (χ4n) is 4.24. The molecule has 7 nitrogen and oxygen atoms in total. The Labute approximate surface area is 193 Å². The smallest absolute Gasteiger partial charge is 0.159 e. The molecule has 1 fully saturated rings. The van der Waals surface area contributed by atoms with E-state index in [4.69, 9.17) is 14.8 Å². The minimum absolute atomic E-state index is 0.207. The van der Waals surface area contributed by atoms with E-state index in [9.17, 15) is 8.78 Å². The van der Waals surface area contributed by atoms with Gasteiger partial charge in [-0.3, -0.25) is 10.1 Å². The Morgan fingerprint density at radius 1 is 0.941 bits per heavy atom. The topological polar surface area (TPSA) is 81.5 Å². The number of aromatic amines is 1. The Kier molecular flexibility index (Phi) is 5.10. The van der Waals surface area contributed by atoms with Crippen molar-refractivity contribution < 1.29 is 13.5 Å². The van der Waals surface area contributed by atoms with Gasteiger partial charge in [-0.15, -0.1) is 0 Å². The third-order valence-corrected chi connectivity index (χ3v) is 6.02. The van der Waals surface area contributed by atoms with Crippen molar-refractivity contribution in [2.24, 2.45) is 0 Å². The van der Waals surface area contributed by atoms with Gasteiger partial charge in [0.2, 0.25) is 0 Å². The molecule has 0 amide bonds. The average molecular weight is 458 g/mol. The number of nitrogens with one attached hydrogen (secondary N) is 1. The van der Waals surface area contributed by atoms with E-state index in [2.05, 4.69) is 15.2 Å². The largest absolute Gasteiger partial charge is 0.357 e. The van der Waals surface area contributed by atoms with Crippen LogP contribution in [0.5, 0.6) is 0 Å². The van der Waals surface area contributed by atoms with Gasteiger partial charge in [-0.2, -0.15) is 10.2 Å². The maximum Gasteiger partial charge on any atom is 0.159 e. The van der Waals surface area contributed by atoms with E-state index >= 15 is 0 Å². The fourth-order valence-corrected chi connectivity index (χ4v) is 4.24. The quantitative estimate of drug-likeness (QED) is 0.383. The molecule has 0 saturated carbocycles. The number of nitrogens with zero attached hydrogens (tertiary/aromatic N) is 5. The summed E-state index contributed by atoms with van der Waals surface area (Å²) in [5, 5.41) is 11.5. The maximum absolute atomic E-state index is 14.1. The molecule has 5 aromatic rings. The van der Waals surface area contributed by atoms with E-state index in [1.54, 1.807) is 23.3 Å². The lowest BCUT2D eigenvalue weighted by atomic mass is 10.0. The molecule has 0 aliphatic carbocycles. The molecule has 6 rings (SSSR count). The monoisotopic (exact) mass is 458 g/mol. The SMILES string of the molecule is Fc1ccc(-c2nn(C3CCCCO3)cc2-c2ccc3ncc(-c4cn[nH]c4)cc3n2)cc1F. The van der Waals surface area contributed by atoms with Crippen LogP contribution in [0.25, 0.3) is 44.7 Å². The second-order valence-electron chi connectivity index (χ2n) is 8.27. The number of hydrogen-bond donors (Lipinski definition) is 1. The van der Waals surface area contributed by atoms with Crippen molar-refractivity contribution in [1.82, 2.24) is 29.9 Å². The molecule has 1 atom stereocenters. The van der Waals surface area contributed by atoms with Crippen LogP contribution in [0.1, 0.15) is 25.5 Å². The van der Waals surface area contributed by atoms with Gasteiger partial charge in [0.25, 0.3) is 0 Å². The number of H-pyrrole nitrogens is 1. The minimum Gasteiger partial charge on any atom is -0.357 e. The molecule has 4 aromatic heterocycles. The van der Waals surface area contributed by atoms with Crippen LogP contribution in [0.2, 0.25) is 0 Å². The van der Waals surface area contributed by atoms with Crippen LogP contribution < -0.4 is 0 Å². The molecular weight excluding hydrogens is 438 g/mol. The second-order valence-corrected chi connectivity index (χ2v) is 8.27. The predicted octanol–water partition coefficient (Wildman–Crippen LogP) is 5.53. The van der Waals surface area contributed by atoms with Gasteiger partial charge < -0.3 is 4.74 Å². The Balaban J connectivity index is 1.49. The Bertz CT molecular complexity index is 1470. The second kappa shape index (κ2) is 8.42. The Morgan fingerprint density at radius 2 is 1.88 bits per heavy atom. The van der Waals surface area contributed by atoms with E-state index in [0.717, 1.165) is 48.0 Å². The van der Waals surface area contributed by atoms with Gasteiger partial charge >= 0.3 is 0 Å². The number of pyridine rings is 2. The molecule has 1 unspecified atom stereocenters. The highest BCUT2D eigenvalue weighted by molar-refractivity contribution is 5.85. The van der Waals surface area contributed by atoms with Gasteiger partial charge in [-0.25, -0.2) is 18.4 Å². The summed E-state index contributed by atoms with van der Waals surface area (Å²) < 4.78 is 35.4. The van der Waals surface area contributed by atoms with E-state index < -0.39 is 11.6 Å². The van der Waals surface area contributed by atoms with Crippen molar-refractivity contribution in [2.45, 2.75) is 25.5 Å². The highest BCUT2D eigenvalue weighted by Gasteiger charge is 2.22. The minimum atomic E-state index is -0.924. The molecule has 1 aliphatic heterocycles. The lowest BCUT2D eigenvalue weighted by Gasteiger charge is -2.22. The molecule has 1 aromatic carbocycles. The summed E-state index contributed by atoms with van der Waals surface area (Å²) in [7, 11) is 0. The van der Waals surface area contributed by atoms with Crippen LogP contribution in [-0.2, 0) is 4.74 Å². The van der Waals surface area contributed by atoms with Crippen molar-refractivity contribution >= 4 is 11.0 Å². The molecule has 170 valence electrons. The zero-order valence-electron chi connectivity index (χ0n) is 18.1. The molecule has 9 heteroatoms. The highest BCUT2D eigenvalue weighted by atomic mass is 19.2. The summed E-state index contributed by atoms with van der Waals surface area (Å²) in [5.74, 6) is -1.82. The van der Waals surface area contributed by atoms with Crippen molar-refractivity contribution in [3.8, 4) is 33.6 Å². The van der Waals surface area contributed by atoms with Gasteiger partial charge in [0.15, 0.2) is 11.6 Å². The maximum atomic E-state index is 14.1. The Hall–Kier alpha value is -3.98. The van der Waals surface area contributed by atoms with Gasteiger partial charge in [-0.05, 0) is 55.7 Å². The van der Waals surface area contributed by atoms with Crippen LogP contribution in [0, 0.1) is 11.6 Å². The van der Waals surface area contributed by atoms with Gasteiger partial charge in [0.1, 0.15) is 11.9 Å². The number of ether oxygens (including phenoxy) is 1. The van der Waals surface area contributed by atoms with Crippen LogP contribution in [-0.4, -0.2) is 36.6 Å². The molecule has 0 radical (unpaired) electrons.